The number of aromatic nitrogens is 4. The van der Waals surface area contributed by atoms with E-state index < -0.39 is 0 Å². The van der Waals surface area contributed by atoms with Crippen LogP contribution in [-0.2, 0) is 0 Å². The van der Waals surface area contributed by atoms with Crippen molar-refractivity contribution in [3.05, 3.63) is 0 Å². The van der Waals surface area contributed by atoms with Crippen LogP contribution in [0.1, 0.15) is 25.8 Å². The molecule has 0 amide bonds. The van der Waals surface area contributed by atoms with Gasteiger partial charge in [0, 0.05) is 0 Å². The molecule has 8 heteroatoms. The summed E-state index contributed by atoms with van der Waals surface area (Å²) in [6, 6.07) is 0.432. The molecule has 1 aliphatic carbocycles. The van der Waals surface area contributed by atoms with Gasteiger partial charge >= 0.3 is 0 Å². The topological polar surface area (TPSA) is 102 Å². The molecule has 0 spiro atoms. The third-order valence-corrected chi connectivity index (χ3v) is 3.24. The van der Waals surface area contributed by atoms with E-state index in [0.717, 1.165) is 18.0 Å². The van der Waals surface area contributed by atoms with E-state index >= 15 is 0 Å². The number of hydrogen-bond donors (Lipinski definition) is 2. The molecule has 3 N–H and O–H groups in total. The summed E-state index contributed by atoms with van der Waals surface area (Å²) in [5, 5.41) is 23.5. The fourth-order valence-corrected chi connectivity index (χ4v) is 1.97. The highest BCUT2D eigenvalue weighted by Gasteiger charge is 2.28. The lowest BCUT2D eigenvalue weighted by atomic mass is 10.4. The van der Waals surface area contributed by atoms with Gasteiger partial charge in [-0.1, -0.05) is 16.9 Å². The van der Waals surface area contributed by atoms with Gasteiger partial charge in [0.2, 0.25) is 5.16 Å². The number of nitrogens with zero attached hydrogens (tertiary/aromatic N) is 5. The molecule has 1 unspecified atom stereocenters. The molecule has 7 nitrogen and oxygen atoms in total. The molecule has 82 valence electrons. The smallest absolute Gasteiger partial charge is 0.210 e. The summed E-state index contributed by atoms with van der Waals surface area (Å²) in [7, 11) is 0. The minimum Gasteiger partial charge on any atom is -0.409 e. The molecule has 0 saturated heterocycles. The molecule has 0 bridgehead atoms. The summed E-state index contributed by atoms with van der Waals surface area (Å²) in [4.78, 5) is 0. The summed E-state index contributed by atoms with van der Waals surface area (Å²) in [5.74, 6) is 0.172. The predicted molar refractivity (Wildman–Crippen MR) is 54.8 cm³/mol. The van der Waals surface area contributed by atoms with Crippen molar-refractivity contribution in [2.24, 2.45) is 10.9 Å². The molecule has 1 atom stereocenters. The first-order valence-corrected chi connectivity index (χ1v) is 5.52. The van der Waals surface area contributed by atoms with E-state index in [1.807, 2.05) is 6.92 Å². The van der Waals surface area contributed by atoms with Gasteiger partial charge in [-0.3, -0.25) is 0 Å². The molecule has 2 rings (SSSR count). The Balaban J connectivity index is 2.06. The van der Waals surface area contributed by atoms with Crippen LogP contribution in [0.4, 0.5) is 0 Å². The number of nitrogens with two attached hydrogens (primary N) is 1. The minimum atomic E-state index is -0.140. The van der Waals surface area contributed by atoms with Crippen molar-refractivity contribution in [1.82, 2.24) is 20.2 Å². The maximum Gasteiger partial charge on any atom is 0.210 e. The number of thioether (sulfide) groups is 1. The SMILES string of the molecule is CC(Sc1nnnn1C1CC1)C(N)=NO. The monoisotopic (exact) mass is 228 g/mol. The van der Waals surface area contributed by atoms with E-state index in [0.29, 0.717) is 6.04 Å². The number of rotatable bonds is 4. The highest BCUT2D eigenvalue weighted by atomic mass is 32.2. The van der Waals surface area contributed by atoms with Gasteiger partial charge in [-0.15, -0.1) is 5.10 Å². The molecule has 0 radical (unpaired) electrons. The fraction of sp³-hybridized carbons (Fsp3) is 0.714. The summed E-state index contributed by atoms with van der Waals surface area (Å²) < 4.78 is 1.80. The van der Waals surface area contributed by atoms with E-state index in [1.165, 1.54) is 11.8 Å². The Morgan fingerprint density at radius 3 is 3.07 bits per heavy atom. The highest BCUT2D eigenvalue weighted by molar-refractivity contribution is 8.00. The lowest BCUT2D eigenvalue weighted by Crippen LogP contribution is -2.23. The van der Waals surface area contributed by atoms with Crippen LogP contribution >= 0.6 is 11.8 Å². The highest BCUT2D eigenvalue weighted by Crippen LogP contribution is 2.37. The number of oxime groups is 1. The number of hydrogen-bond acceptors (Lipinski definition) is 6. The fourth-order valence-electron chi connectivity index (χ4n) is 1.11. The molecule has 15 heavy (non-hydrogen) atoms. The number of amidine groups is 1. The molecular weight excluding hydrogens is 216 g/mol. The third kappa shape index (κ3) is 2.20. The van der Waals surface area contributed by atoms with Crippen LogP contribution < -0.4 is 5.73 Å². The van der Waals surface area contributed by atoms with Crippen LogP contribution in [0.3, 0.4) is 0 Å². The quantitative estimate of drug-likeness (QED) is 0.251. The van der Waals surface area contributed by atoms with Crippen LogP contribution in [0, 0.1) is 0 Å². The predicted octanol–water partition coefficient (Wildman–Crippen LogP) is 0.235. The molecule has 1 saturated carbocycles. The molecule has 1 aromatic rings. The zero-order valence-electron chi connectivity index (χ0n) is 8.24. The summed E-state index contributed by atoms with van der Waals surface area (Å²) in [6.07, 6.45) is 2.24. The normalized spacial score (nSPS) is 19.1. The Kier molecular flexibility index (Phi) is 2.76. The van der Waals surface area contributed by atoms with Gasteiger partial charge in [0.1, 0.15) is 0 Å². The van der Waals surface area contributed by atoms with E-state index in [-0.39, 0.29) is 11.1 Å². The van der Waals surface area contributed by atoms with Crippen LogP contribution in [0.5, 0.6) is 0 Å². The molecule has 0 aliphatic heterocycles. The molecule has 1 heterocycles. The zero-order chi connectivity index (χ0) is 10.8. The van der Waals surface area contributed by atoms with Crippen molar-refractivity contribution in [2.75, 3.05) is 0 Å². The maximum absolute atomic E-state index is 8.52. The first-order valence-electron chi connectivity index (χ1n) is 4.64. The Morgan fingerprint density at radius 1 is 1.73 bits per heavy atom. The Hall–Kier alpha value is -1.31. The van der Waals surface area contributed by atoms with Crippen molar-refractivity contribution in [2.45, 2.75) is 36.2 Å². The van der Waals surface area contributed by atoms with Crippen LogP contribution in [0.2, 0.25) is 0 Å². The summed E-state index contributed by atoms with van der Waals surface area (Å²) >= 11 is 1.39. The van der Waals surface area contributed by atoms with E-state index in [2.05, 4.69) is 20.7 Å². The second kappa shape index (κ2) is 4.05. The number of tetrazole rings is 1. The standard InChI is InChI=1S/C7H12N6OS/c1-4(6(8)10-14)15-7-9-11-12-13(7)5-2-3-5/h4-5,14H,2-3H2,1H3,(H2,8,10). The summed E-state index contributed by atoms with van der Waals surface area (Å²) in [5.41, 5.74) is 5.48. The largest absolute Gasteiger partial charge is 0.409 e. The second-order valence-electron chi connectivity index (χ2n) is 3.42. The Morgan fingerprint density at radius 2 is 2.47 bits per heavy atom. The van der Waals surface area contributed by atoms with E-state index in [4.69, 9.17) is 10.9 Å². The van der Waals surface area contributed by atoms with Crippen molar-refractivity contribution < 1.29 is 5.21 Å². The second-order valence-corrected chi connectivity index (χ2v) is 4.73. The first kappa shape index (κ1) is 10.2. The molecule has 1 fully saturated rings. The average Bonchev–Trinajstić information content (AvgIpc) is 2.99. The van der Waals surface area contributed by atoms with Gasteiger partial charge < -0.3 is 10.9 Å². The summed E-state index contributed by atoms with van der Waals surface area (Å²) in [6.45, 7) is 1.84. The minimum absolute atomic E-state index is 0.140. The Bertz CT molecular complexity index is 373. The molecule has 0 aromatic carbocycles. The van der Waals surface area contributed by atoms with Crippen molar-refractivity contribution in [1.29, 1.82) is 0 Å². The Labute approximate surface area is 90.7 Å². The van der Waals surface area contributed by atoms with E-state index in [1.54, 1.807) is 4.68 Å². The van der Waals surface area contributed by atoms with Crippen molar-refractivity contribution >= 4 is 17.6 Å². The van der Waals surface area contributed by atoms with Gasteiger partial charge in [-0.2, -0.15) is 0 Å². The lowest BCUT2D eigenvalue weighted by molar-refractivity contribution is 0.317. The maximum atomic E-state index is 8.52. The average molecular weight is 228 g/mol. The van der Waals surface area contributed by atoms with Gasteiger partial charge in [-0.25, -0.2) is 4.68 Å². The molecule has 1 aliphatic rings. The van der Waals surface area contributed by atoms with Crippen LogP contribution in [0.25, 0.3) is 0 Å². The van der Waals surface area contributed by atoms with Crippen LogP contribution in [-0.4, -0.2) is 36.5 Å². The first-order chi connectivity index (χ1) is 7.22. The van der Waals surface area contributed by atoms with Gasteiger partial charge in [0.25, 0.3) is 0 Å². The van der Waals surface area contributed by atoms with Gasteiger partial charge in [0.05, 0.1) is 11.3 Å². The van der Waals surface area contributed by atoms with Crippen molar-refractivity contribution in [3.63, 3.8) is 0 Å². The zero-order valence-corrected chi connectivity index (χ0v) is 9.05. The lowest BCUT2D eigenvalue weighted by Gasteiger charge is -2.07. The molecular formula is C7H12N6OS. The third-order valence-electron chi connectivity index (χ3n) is 2.17. The molecule has 1 aromatic heterocycles. The van der Waals surface area contributed by atoms with Crippen LogP contribution in [0.15, 0.2) is 10.3 Å². The van der Waals surface area contributed by atoms with Gasteiger partial charge in [-0.05, 0) is 30.2 Å². The van der Waals surface area contributed by atoms with Gasteiger partial charge in [0.15, 0.2) is 5.84 Å². The van der Waals surface area contributed by atoms with Crippen molar-refractivity contribution in [3.8, 4) is 0 Å². The van der Waals surface area contributed by atoms with E-state index in [9.17, 15) is 0 Å².